The number of nitrogens with one attached hydrogen (secondary N) is 1. The molecule has 1 heterocycles. The molecule has 1 aliphatic heterocycles. The SMILES string of the molecule is O=C(O)CCC(=O)N(C1CC1)C1c2cc(F)c(F)cc2NC2CCC21. The highest BCUT2D eigenvalue weighted by molar-refractivity contribution is 5.82. The molecule has 4 rings (SSSR count). The monoisotopic (exact) mass is 350 g/mol. The van der Waals surface area contributed by atoms with Gasteiger partial charge in [-0.1, -0.05) is 0 Å². The number of halogens is 2. The predicted molar refractivity (Wildman–Crippen MR) is 86.0 cm³/mol. The zero-order valence-corrected chi connectivity index (χ0v) is 13.7. The Kier molecular flexibility index (Phi) is 3.89. The smallest absolute Gasteiger partial charge is 0.303 e. The number of aliphatic carboxylic acids is 1. The van der Waals surface area contributed by atoms with E-state index < -0.39 is 17.6 Å². The molecule has 3 atom stereocenters. The van der Waals surface area contributed by atoms with Crippen LogP contribution in [0.2, 0.25) is 0 Å². The van der Waals surface area contributed by atoms with Crippen molar-refractivity contribution in [1.82, 2.24) is 4.90 Å². The molecular weight excluding hydrogens is 330 g/mol. The van der Waals surface area contributed by atoms with Crippen LogP contribution in [-0.4, -0.2) is 34.0 Å². The van der Waals surface area contributed by atoms with Gasteiger partial charge in [0.15, 0.2) is 11.6 Å². The van der Waals surface area contributed by atoms with Crippen molar-refractivity contribution >= 4 is 17.6 Å². The van der Waals surface area contributed by atoms with E-state index in [0.717, 1.165) is 25.7 Å². The normalized spacial score (nSPS) is 26.7. The molecule has 2 fully saturated rings. The summed E-state index contributed by atoms with van der Waals surface area (Å²) in [4.78, 5) is 25.3. The van der Waals surface area contributed by atoms with Gasteiger partial charge in [-0.25, -0.2) is 8.78 Å². The molecule has 0 spiro atoms. The predicted octanol–water partition coefficient (Wildman–Crippen LogP) is 3.07. The van der Waals surface area contributed by atoms with Crippen LogP contribution in [0.25, 0.3) is 0 Å². The fraction of sp³-hybridized carbons (Fsp3) is 0.556. The molecule has 0 radical (unpaired) electrons. The Morgan fingerprint density at radius 1 is 1.12 bits per heavy atom. The van der Waals surface area contributed by atoms with Gasteiger partial charge >= 0.3 is 5.97 Å². The third-order valence-electron chi connectivity index (χ3n) is 5.57. The van der Waals surface area contributed by atoms with E-state index in [9.17, 15) is 18.4 Å². The van der Waals surface area contributed by atoms with E-state index in [1.807, 2.05) is 0 Å². The molecule has 1 amide bonds. The van der Waals surface area contributed by atoms with Gasteiger partial charge in [-0.2, -0.15) is 0 Å². The van der Waals surface area contributed by atoms with E-state index in [0.29, 0.717) is 11.3 Å². The highest BCUT2D eigenvalue weighted by atomic mass is 19.2. The molecule has 25 heavy (non-hydrogen) atoms. The molecule has 3 unspecified atom stereocenters. The summed E-state index contributed by atoms with van der Waals surface area (Å²) in [6.45, 7) is 0. The molecule has 134 valence electrons. The zero-order chi connectivity index (χ0) is 17.7. The maximum absolute atomic E-state index is 13.9. The number of hydrogen-bond donors (Lipinski definition) is 2. The molecular formula is C18H20F2N2O3. The van der Waals surface area contributed by atoms with E-state index >= 15 is 0 Å². The second-order valence-electron chi connectivity index (χ2n) is 7.22. The number of nitrogens with zero attached hydrogens (tertiary/aromatic N) is 1. The molecule has 0 aromatic heterocycles. The summed E-state index contributed by atoms with van der Waals surface area (Å²) in [5.41, 5.74) is 1.15. The number of carboxylic acid groups (broad SMARTS) is 1. The van der Waals surface area contributed by atoms with Crippen LogP contribution in [0.5, 0.6) is 0 Å². The summed E-state index contributed by atoms with van der Waals surface area (Å²) in [5, 5.41) is 12.1. The zero-order valence-electron chi connectivity index (χ0n) is 13.7. The summed E-state index contributed by atoms with van der Waals surface area (Å²) >= 11 is 0. The first kappa shape index (κ1) is 16.3. The lowest BCUT2D eigenvalue weighted by Crippen LogP contribution is -2.52. The number of carbonyl (C=O) groups is 2. The Morgan fingerprint density at radius 2 is 1.84 bits per heavy atom. The molecule has 1 aromatic carbocycles. The highest BCUT2D eigenvalue weighted by Gasteiger charge is 2.49. The number of hydrogen-bond acceptors (Lipinski definition) is 3. The lowest BCUT2D eigenvalue weighted by Gasteiger charge is -2.51. The third kappa shape index (κ3) is 2.85. The lowest BCUT2D eigenvalue weighted by molar-refractivity contribution is -0.143. The Bertz CT molecular complexity index is 735. The quantitative estimate of drug-likeness (QED) is 0.856. The molecule has 0 saturated heterocycles. The standard InChI is InChI=1S/C18H20F2N2O3/c19-12-7-11-15(8-13(12)20)21-14-4-3-10(14)18(11)22(9-1-2-9)16(23)5-6-17(24)25/h7-10,14,18,21H,1-6H2,(H,24,25). The summed E-state index contributed by atoms with van der Waals surface area (Å²) < 4.78 is 27.5. The fourth-order valence-electron chi connectivity index (χ4n) is 4.08. The van der Waals surface area contributed by atoms with E-state index in [4.69, 9.17) is 5.11 Å². The maximum Gasteiger partial charge on any atom is 0.303 e. The van der Waals surface area contributed by atoms with Crippen molar-refractivity contribution in [3.63, 3.8) is 0 Å². The van der Waals surface area contributed by atoms with Crippen LogP contribution < -0.4 is 5.32 Å². The van der Waals surface area contributed by atoms with Gasteiger partial charge in [0, 0.05) is 41.7 Å². The van der Waals surface area contributed by atoms with Gasteiger partial charge in [-0.05, 0) is 31.7 Å². The minimum atomic E-state index is -1.01. The van der Waals surface area contributed by atoms with Crippen LogP contribution in [0.4, 0.5) is 14.5 Å². The number of anilines is 1. The Labute approximate surface area is 144 Å². The first-order valence-electron chi connectivity index (χ1n) is 8.74. The Morgan fingerprint density at radius 3 is 2.44 bits per heavy atom. The van der Waals surface area contributed by atoms with Gasteiger partial charge in [-0.15, -0.1) is 0 Å². The van der Waals surface area contributed by atoms with E-state index in [1.54, 1.807) is 4.90 Å². The number of carboxylic acids is 1. The molecule has 2 aliphatic carbocycles. The summed E-state index contributed by atoms with van der Waals surface area (Å²) in [6.07, 6.45) is 3.31. The molecule has 0 bridgehead atoms. The van der Waals surface area contributed by atoms with Crippen LogP contribution in [0.3, 0.4) is 0 Å². The number of benzene rings is 1. The van der Waals surface area contributed by atoms with Crippen molar-refractivity contribution < 1.29 is 23.5 Å². The van der Waals surface area contributed by atoms with E-state index in [1.165, 1.54) is 12.1 Å². The second kappa shape index (κ2) is 5.97. The summed E-state index contributed by atoms with van der Waals surface area (Å²) in [5.74, 6) is -2.88. The topological polar surface area (TPSA) is 69.6 Å². The molecule has 3 aliphatic rings. The highest BCUT2D eigenvalue weighted by Crippen LogP contribution is 2.52. The van der Waals surface area contributed by atoms with Gasteiger partial charge in [-0.3, -0.25) is 9.59 Å². The summed E-state index contributed by atoms with van der Waals surface area (Å²) in [6, 6.07) is 2.27. The van der Waals surface area contributed by atoms with Crippen LogP contribution in [0, 0.1) is 17.6 Å². The van der Waals surface area contributed by atoms with Crippen molar-refractivity contribution in [1.29, 1.82) is 0 Å². The van der Waals surface area contributed by atoms with Crippen molar-refractivity contribution in [2.75, 3.05) is 5.32 Å². The second-order valence-corrected chi connectivity index (χ2v) is 7.22. The number of carbonyl (C=O) groups excluding carboxylic acids is 1. The first-order valence-corrected chi connectivity index (χ1v) is 8.74. The van der Waals surface area contributed by atoms with Crippen LogP contribution in [0.1, 0.15) is 50.1 Å². The van der Waals surface area contributed by atoms with Crippen LogP contribution in [-0.2, 0) is 9.59 Å². The van der Waals surface area contributed by atoms with Crippen LogP contribution in [0.15, 0.2) is 12.1 Å². The van der Waals surface area contributed by atoms with Crippen molar-refractivity contribution in [2.24, 2.45) is 5.92 Å². The van der Waals surface area contributed by atoms with Gasteiger partial charge in [0.05, 0.1) is 12.5 Å². The average Bonchev–Trinajstić information content (AvgIpc) is 3.35. The lowest BCUT2D eigenvalue weighted by atomic mass is 9.69. The van der Waals surface area contributed by atoms with Gasteiger partial charge in [0.25, 0.3) is 0 Å². The number of amides is 1. The fourth-order valence-corrected chi connectivity index (χ4v) is 4.08. The minimum Gasteiger partial charge on any atom is -0.481 e. The molecule has 2 N–H and O–H groups in total. The first-order chi connectivity index (χ1) is 12.0. The van der Waals surface area contributed by atoms with E-state index in [2.05, 4.69) is 5.32 Å². The number of fused-ring (bicyclic) bond motifs is 2. The molecule has 2 saturated carbocycles. The molecule has 1 aromatic rings. The minimum absolute atomic E-state index is 0.0633. The summed E-state index contributed by atoms with van der Waals surface area (Å²) in [7, 11) is 0. The Balaban J connectivity index is 1.70. The van der Waals surface area contributed by atoms with Crippen molar-refractivity contribution in [2.45, 2.75) is 56.7 Å². The van der Waals surface area contributed by atoms with Gasteiger partial charge < -0.3 is 15.3 Å². The molecule has 5 nitrogen and oxygen atoms in total. The van der Waals surface area contributed by atoms with Gasteiger partial charge in [0.1, 0.15) is 0 Å². The van der Waals surface area contributed by atoms with Crippen LogP contribution >= 0.6 is 0 Å². The van der Waals surface area contributed by atoms with E-state index in [-0.39, 0.29) is 42.8 Å². The average molecular weight is 350 g/mol. The van der Waals surface area contributed by atoms with Gasteiger partial charge in [0.2, 0.25) is 5.91 Å². The number of rotatable bonds is 5. The van der Waals surface area contributed by atoms with Crippen molar-refractivity contribution in [3.8, 4) is 0 Å². The van der Waals surface area contributed by atoms with Crippen molar-refractivity contribution in [3.05, 3.63) is 29.3 Å². The Hall–Kier alpha value is -2.18. The molecule has 7 heteroatoms. The maximum atomic E-state index is 13.9. The third-order valence-corrected chi connectivity index (χ3v) is 5.57. The largest absolute Gasteiger partial charge is 0.481 e.